The first kappa shape index (κ1) is 9.99. The lowest BCUT2D eigenvalue weighted by molar-refractivity contribution is 0.396. The van der Waals surface area contributed by atoms with Gasteiger partial charge >= 0.3 is 0 Å². The van der Waals surface area contributed by atoms with Crippen molar-refractivity contribution in [3.8, 4) is 0 Å². The summed E-state index contributed by atoms with van der Waals surface area (Å²) in [7, 11) is -2.05. The summed E-state index contributed by atoms with van der Waals surface area (Å²) in [5, 5.41) is 0.141. The highest BCUT2D eigenvalue weighted by atomic mass is 32.2. The second-order valence-electron chi connectivity index (χ2n) is 3.67. The van der Waals surface area contributed by atoms with Gasteiger partial charge in [0.05, 0.1) is 11.8 Å². The summed E-state index contributed by atoms with van der Waals surface area (Å²) in [5.74, 6) is 0. The first-order valence-electron chi connectivity index (χ1n) is 4.47. The van der Waals surface area contributed by atoms with Gasteiger partial charge in [-0.25, -0.2) is 12.9 Å². The summed E-state index contributed by atoms with van der Waals surface area (Å²) in [6, 6.07) is 0.339. The van der Waals surface area contributed by atoms with Gasteiger partial charge < -0.3 is 0 Å². The van der Waals surface area contributed by atoms with Crippen molar-refractivity contribution in [2.24, 2.45) is 4.36 Å². The Balaban J connectivity index is 2.96. The van der Waals surface area contributed by atoms with Gasteiger partial charge in [0.25, 0.3) is 0 Å². The fraction of sp³-hybridized carbons (Fsp3) is 1.00. The summed E-state index contributed by atoms with van der Waals surface area (Å²) in [5.41, 5.74) is 0. The Morgan fingerprint density at radius 2 is 1.92 bits per heavy atom. The van der Waals surface area contributed by atoms with E-state index in [1.54, 1.807) is 0 Å². The van der Waals surface area contributed by atoms with Crippen LogP contribution in [-0.4, -0.2) is 32.9 Å². The molecule has 0 saturated carbocycles. The molecule has 0 aliphatic carbocycles. The van der Waals surface area contributed by atoms with E-state index in [1.165, 1.54) is 0 Å². The minimum atomic E-state index is -2.05. The predicted octanol–water partition coefficient (Wildman–Crippen LogP) is 1.50. The van der Waals surface area contributed by atoms with Gasteiger partial charge in [0.1, 0.15) is 9.92 Å². The van der Waals surface area contributed by atoms with Crippen molar-refractivity contribution in [2.75, 3.05) is 13.1 Å². The van der Waals surface area contributed by atoms with Crippen molar-refractivity contribution in [1.82, 2.24) is 4.31 Å². The largest absolute Gasteiger partial charge is 0.233 e. The lowest BCUT2D eigenvalue weighted by atomic mass is 10.4. The van der Waals surface area contributed by atoms with E-state index < -0.39 is 9.92 Å². The summed E-state index contributed by atoms with van der Waals surface area (Å²) >= 11 is 0. The predicted molar refractivity (Wildman–Crippen MR) is 52.4 cm³/mol. The second-order valence-corrected chi connectivity index (χ2v) is 6.42. The lowest BCUT2D eigenvalue weighted by Gasteiger charge is -2.25. The fourth-order valence-electron chi connectivity index (χ4n) is 1.46. The summed E-state index contributed by atoms with van der Waals surface area (Å²) < 4.78 is 18.5. The molecular weight excluding hydrogens is 172 g/mol. The van der Waals surface area contributed by atoms with Crippen LogP contribution in [-0.2, 0) is 9.92 Å². The van der Waals surface area contributed by atoms with Crippen LogP contribution in [0.3, 0.4) is 0 Å². The molecule has 0 radical (unpaired) electrons. The Bertz CT molecular complexity index is 264. The summed E-state index contributed by atoms with van der Waals surface area (Å²) in [6.45, 7) is 9.69. The highest BCUT2D eigenvalue weighted by molar-refractivity contribution is 7.92. The molecule has 1 aliphatic rings. The minimum absolute atomic E-state index is 0.141. The molecule has 0 aromatic carbocycles. The van der Waals surface area contributed by atoms with E-state index in [2.05, 4.69) is 18.2 Å². The van der Waals surface area contributed by atoms with Crippen molar-refractivity contribution >= 4 is 9.92 Å². The van der Waals surface area contributed by atoms with Gasteiger partial charge in [0.15, 0.2) is 0 Å². The Kier molecular flexibility index (Phi) is 2.78. The van der Waals surface area contributed by atoms with Crippen LogP contribution in [0.4, 0.5) is 0 Å². The molecule has 0 fully saturated rings. The Morgan fingerprint density at radius 1 is 1.33 bits per heavy atom. The Labute approximate surface area is 75.5 Å². The first-order chi connectivity index (χ1) is 5.48. The quantitative estimate of drug-likeness (QED) is 0.649. The molecule has 1 rings (SSSR count). The van der Waals surface area contributed by atoms with E-state index in [0.717, 1.165) is 13.1 Å². The maximum atomic E-state index is 12.2. The van der Waals surface area contributed by atoms with Crippen molar-refractivity contribution in [2.45, 2.75) is 39.0 Å². The molecule has 0 aromatic rings. The summed E-state index contributed by atoms with van der Waals surface area (Å²) in [6.07, 6.45) is 0. The van der Waals surface area contributed by atoms with Crippen LogP contribution in [0.5, 0.6) is 0 Å². The van der Waals surface area contributed by atoms with Crippen molar-refractivity contribution < 1.29 is 4.21 Å². The van der Waals surface area contributed by atoms with Crippen LogP contribution in [0.1, 0.15) is 27.7 Å². The van der Waals surface area contributed by atoms with Crippen LogP contribution in [0, 0.1) is 0 Å². The molecule has 0 saturated heterocycles. The SMILES string of the molecule is CC(C)N1CCN=S1(=O)C(C)C. The van der Waals surface area contributed by atoms with E-state index in [9.17, 15) is 4.21 Å². The fourth-order valence-corrected chi connectivity index (χ4v) is 3.73. The Morgan fingerprint density at radius 3 is 2.25 bits per heavy atom. The van der Waals surface area contributed by atoms with Crippen LogP contribution in [0.2, 0.25) is 0 Å². The number of nitrogens with zero attached hydrogens (tertiary/aromatic N) is 2. The van der Waals surface area contributed by atoms with Gasteiger partial charge in [0, 0.05) is 12.6 Å². The zero-order chi connectivity index (χ0) is 9.35. The smallest absolute Gasteiger partial charge is 0.113 e. The maximum Gasteiger partial charge on any atom is 0.113 e. The topological polar surface area (TPSA) is 32.7 Å². The zero-order valence-electron chi connectivity index (χ0n) is 8.28. The third kappa shape index (κ3) is 1.50. The third-order valence-corrected chi connectivity index (χ3v) is 5.18. The molecule has 3 nitrogen and oxygen atoms in total. The molecule has 0 amide bonds. The number of hydrogen-bond donors (Lipinski definition) is 0. The zero-order valence-corrected chi connectivity index (χ0v) is 9.10. The van der Waals surface area contributed by atoms with Gasteiger partial charge in [-0.2, -0.15) is 0 Å². The first-order valence-corrected chi connectivity index (χ1v) is 6.00. The van der Waals surface area contributed by atoms with Crippen LogP contribution >= 0.6 is 0 Å². The average Bonchev–Trinajstić information content (AvgIpc) is 2.32. The molecular formula is C8H18N2OS. The van der Waals surface area contributed by atoms with Gasteiger partial charge in [-0.3, -0.25) is 0 Å². The second kappa shape index (κ2) is 3.34. The number of rotatable bonds is 2. The van der Waals surface area contributed by atoms with Crippen LogP contribution in [0.25, 0.3) is 0 Å². The van der Waals surface area contributed by atoms with Crippen molar-refractivity contribution in [1.29, 1.82) is 0 Å². The van der Waals surface area contributed by atoms with Crippen molar-refractivity contribution in [3.05, 3.63) is 0 Å². The van der Waals surface area contributed by atoms with E-state index >= 15 is 0 Å². The number of hydrogen-bond acceptors (Lipinski definition) is 2. The van der Waals surface area contributed by atoms with Gasteiger partial charge in [-0.1, -0.05) is 0 Å². The average molecular weight is 190 g/mol. The van der Waals surface area contributed by atoms with Gasteiger partial charge in [-0.05, 0) is 27.7 Å². The maximum absolute atomic E-state index is 12.2. The molecule has 72 valence electrons. The lowest BCUT2D eigenvalue weighted by Crippen LogP contribution is -2.37. The molecule has 1 unspecified atom stereocenters. The molecule has 0 spiro atoms. The van der Waals surface area contributed by atoms with E-state index in [0.29, 0.717) is 6.04 Å². The van der Waals surface area contributed by atoms with E-state index in [4.69, 9.17) is 0 Å². The third-order valence-electron chi connectivity index (χ3n) is 2.12. The molecule has 1 heterocycles. The van der Waals surface area contributed by atoms with Crippen LogP contribution in [0.15, 0.2) is 4.36 Å². The van der Waals surface area contributed by atoms with Crippen LogP contribution < -0.4 is 0 Å². The minimum Gasteiger partial charge on any atom is -0.233 e. The molecule has 12 heavy (non-hydrogen) atoms. The molecule has 0 N–H and O–H groups in total. The molecule has 1 aliphatic heterocycles. The van der Waals surface area contributed by atoms with E-state index in [-0.39, 0.29) is 5.25 Å². The molecule has 0 bridgehead atoms. The Hall–Kier alpha value is -0.0900. The highest BCUT2D eigenvalue weighted by Crippen LogP contribution is 2.20. The normalized spacial score (nSPS) is 31.5. The highest BCUT2D eigenvalue weighted by Gasteiger charge is 2.29. The van der Waals surface area contributed by atoms with Gasteiger partial charge in [-0.15, -0.1) is 0 Å². The molecule has 0 aromatic heterocycles. The molecule has 1 atom stereocenters. The van der Waals surface area contributed by atoms with Crippen molar-refractivity contribution in [3.63, 3.8) is 0 Å². The molecule has 4 heteroatoms. The van der Waals surface area contributed by atoms with E-state index in [1.807, 2.05) is 18.2 Å². The standard InChI is InChI=1S/C8H18N2OS/c1-7(2)10-6-5-9-12(10,11)8(3)4/h7-8H,5-6H2,1-4H3. The van der Waals surface area contributed by atoms with Gasteiger partial charge in [0.2, 0.25) is 0 Å². The summed E-state index contributed by atoms with van der Waals surface area (Å²) in [4.78, 5) is 0. The monoisotopic (exact) mass is 190 g/mol.